The second-order valence-corrected chi connectivity index (χ2v) is 5.56. The van der Waals surface area contributed by atoms with E-state index < -0.39 is 0 Å². The lowest BCUT2D eigenvalue weighted by Gasteiger charge is -2.20. The van der Waals surface area contributed by atoms with Gasteiger partial charge in [0, 0.05) is 32.0 Å². The quantitative estimate of drug-likeness (QED) is 0.786. The molecule has 3 rings (SSSR count). The van der Waals surface area contributed by atoms with Gasteiger partial charge in [-0.2, -0.15) is 0 Å². The fraction of sp³-hybridized carbons (Fsp3) is 0.833. The zero-order valence-corrected chi connectivity index (χ0v) is 10.5. The van der Waals surface area contributed by atoms with Crippen molar-refractivity contribution >= 4 is 0 Å². The van der Waals surface area contributed by atoms with E-state index in [1.807, 2.05) is 0 Å². The summed E-state index contributed by atoms with van der Waals surface area (Å²) >= 11 is 0. The zero-order valence-electron chi connectivity index (χ0n) is 10.5. The molecule has 1 fully saturated rings. The lowest BCUT2D eigenvalue weighted by molar-refractivity contribution is 0.387. The third kappa shape index (κ3) is 2.21. The van der Waals surface area contributed by atoms with Crippen LogP contribution in [0.3, 0.4) is 0 Å². The first-order valence-corrected chi connectivity index (χ1v) is 6.57. The van der Waals surface area contributed by atoms with Crippen LogP contribution < -0.4 is 5.73 Å². The molecule has 0 aromatic carbocycles. The lowest BCUT2D eigenvalue weighted by atomic mass is 10.0. The Morgan fingerprint density at radius 3 is 2.94 bits per heavy atom. The number of hydrogen-bond donors (Lipinski definition) is 1. The summed E-state index contributed by atoms with van der Waals surface area (Å²) in [6.07, 6.45) is 4.31. The predicted octanol–water partition coefficient (Wildman–Crippen LogP) is 0.0458. The maximum atomic E-state index is 5.95. The molecule has 5 nitrogen and oxygen atoms in total. The molecule has 0 saturated carbocycles. The molecule has 2 aliphatic rings. The van der Waals surface area contributed by atoms with Crippen LogP contribution in [0.15, 0.2) is 0 Å². The smallest absolute Gasteiger partial charge is 0.134 e. The summed E-state index contributed by atoms with van der Waals surface area (Å²) < 4.78 is 2.29. The SMILES string of the molecule is CN1CCC(Cc2nnc3n2CCC(N)C3)C1. The fourth-order valence-electron chi connectivity index (χ4n) is 3.02. The molecule has 1 saturated heterocycles. The predicted molar refractivity (Wildman–Crippen MR) is 65.6 cm³/mol. The summed E-state index contributed by atoms with van der Waals surface area (Å²) in [7, 11) is 2.19. The number of nitrogens with zero attached hydrogens (tertiary/aromatic N) is 4. The van der Waals surface area contributed by atoms with Crippen molar-refractivity contribution in [3.05, 3.63) is 11.6 Å². The highest BCUT2D eigenvalue weighted by Gasteiger charge is 2.25. The summed E-state index contributed by atoms with van der Waals surface area (Å²) in [6.45, 7) is 3.42. The molecule has 2 N–H and O–H groups in total. The molecule has 3 heterocycles. The van der Waals surface area contributed by atoms with Crippen LogP contribution >= 0.6 is 0 Å². The summed E-state index contributed by atoms with van der Waals surface area (Å²) in [5, 5.41) is 8.65. The van der Waals surface area contributed by atoms with Crippen LogP contribution in [-0.2, 0) is 19.4 Å². The molecule has 0 bridgehead atoms. The van der Waals surface area contributed by atoms with Crippen molar-refractivity contribution in [3.63, 3.8) is 0 Å². The normalized spacial score (nSPS) is 29.5. The van der Waals surface area contributed by atoms with Gasteiger partial charge in [-0.05, 0) is 32.4 Å². The molecule has 2 atom stereocenters. The first kappa shape index (κ1) is 11.2. The number of hydrogen-bond acceptors (Lipinski definition) is 4. The Labute approximate surface area is 102 Å². The highest BCUT2D eigenvalue weighted by molar-refractivity contribution is 5.03. The van der Waals surface area contributed by atoms with E-state index in [9.17, 15) is 0 Å². The average molecular weight is 235 g/mol. The molecule has 1 aromatic rings. The third-order valence-electron chi connectivity index (χ3n) is 4.03. The number of rotatable bonds is 2. The van der Waals surface area contributed by atoms with Crippen molar-refractivity contribution < 1.29 is 0 Å². The Morgan fingerprint density at radius 2 is 2.18 bits per heavy atom. The van der Waals surface area contributed by atoms with Crippen molar-refractivity contribution in [2.24, 2.45) is 11.7 Å². The Bertz CT molecular complexity index is 400. The van der Waals surface area contributed by atoms with Crippen molar-refractivity contribution in [1.29, 1.82) is 0 Å². The molecule has 1 aromatic heterocycles. The summed E-state index contributed by atoms with van der Waals surface area (Å²) in [6, 6.07) is 0.275. The van der Waals surface area contributed by atoms with Crippen LogP contribution in [-0.4, -0.2) is 45.8 Å². The summed E-state index contributed by atoms with van der Waals surface area (Å²) in [4.78, 5) is 2.40. The average Bonchev–Trinajstić information content (AvgIpc) is 2.86. The highest BCUT2D eigenvalue weighted by Crippen LogP contribution is 2.21. The topological polar surface area (TPSA) is 60.0 Å². The van der Waals surface area contributed by atoms with Gasteiger partial charge in [-0.3, -0.25) is 0 Å². The van der Waals surface area contributed by atoms with E-state index in [1.165, 1.54) is 25.3 Å². The molecular weight excluding hydrogens is 214 g/mol. The largest absolute Gasteiger partial charge is 0.327 e. The minimum Gasteiger partial charge on any atom is -0.327 e. The molecule has 94 valence electrons. The van der Waals surface area contributed by atoms with Gasteiger partial charge in [0.05, 0.1) is 0 Å². The van der Waals surface area contributed by atoms with E-state index in [1.54, 1.807) is 0 Å². The highest BCUT2D eigenvalue weighted by atomic mass is 15.3. The van der Waals surface area contributed by atoms with Gasteiger partial charge in [-0.15, -0.1) is 10.2 Å². The Balaban J connectivity index is 1.72. The van der Waals surface area contributed by atoms with Crippen LogP contribution in [0.5, 0.6) is 0 Å². The van der Waals surface area contributed by atoms with Gasteiger partial charge in [-0.1, -0.05) is 0 Å². The van der Waals surface area contributed by atoms with E-state index in [2.05, 4.69) is 26.7 Å². The lowest BCUT2D eigenvalue weighted by Crippen LogP contribution is -2.31. The van der Waals surface area contributed by atoms with Gasteiger partial charge in [0.25, 0.3) is 0 Å². The molecule has 0 radical (unpaired) electrons. The van der Waals surface area contributed by atoms with Crippen molar-refractivity contribution in [3.8, 4) is 0 Å². The van der Waals surface area contributed by atoms with Crippen LogP contribution in [0, 0.1) is 5.92 Å². The molecule has 2 unspecified atom stereocenters. The first-order chi connectivity index (χ1) is 8.22. The molecule has 5 heteroatoms. The number of likely N-dealkylation sites (tertiary alicyclic amines) is 1. The summed E-state index contributed by atoms with van der Waals surface area (Å²) in [5.41, 5.74) is 5.95. The number of nitrogens with two attached hydrogens (primary N) is 1. The van der Waals surface area contributed by atoms with Crippen molar-refractivity contribution in [2.75, 3.05) is 20.1 Å². The van der Waals surface area contributed by atoms with E-state index in [0.29, 0.717) is 0 Å². The monoisotopic (exact) mass is 235 g/mol. The van der Waals surface area contributed by atoms with Crippen LogP contribution in [0.2, 0.25) is 0 Å². The second-order valence-electron chi connectivity index (χ2n) is 5.56. The molecule has 0 amide bonds. The molecule has 17 heavy (non-hydrogen) atoms. The molecule has 2 aliphatic heterocycles. The standard InChI is InChI=1S/C12H21N5/c1-16-4-2-9(8-16)6-11-14-15-12-7-10(13)3-5-17(11)12/h9-10H,2-8,13H2,1H3. The zero-order chi connectivity index (χ0) is 11.8. The van der Waals surface area contributed by atoms with Crippen LogP contribution in [0.1, 0.15) is 24.5 Å². The van der Waals surface area contributed by atoms with Gasteiger partial charge < -0.3 is 15.2 Å². The second kappa shape index (κ2) is 4.38. The minimum atomic E-state index is 0.275. The Hall–Kier alpha value is -0.940. The van der Waals surface area contributed by atoms with Gasteiger partial charge in [0.15, 0.2) is 0 Å². The maximum Gasteiger partial charge on any atom is 0.134 e. The summed E-state index contributed by atoms with van der Waals surface area (Å²) in [5.74, 6) is 3.02. The Kier molecular flexibility index (Phi) is 2.88. The van der Waals surface area contributed by atoms with Gasteiger partial charge in [-0.25, -0.2) is 0 Å². The molecular formula is C12H21N5. The van der Waals surface area contributed by atoms with Gasteiger partial charge in [0.1, 0.15) is 11.6 Å². The minimum absolute atomic E-state index is 0.275. The van der Waals surface area contributed by atoms with Crippen LogP contribution in [0.25, 0.3) is 0 Å². The van der Waals surface area contributed by atoms with E-state index in [0.717, 1.165) is 37.5 Å². The van der Waals surface area contributed by atoms with Crippen molar-refractivity contribution in [1.82, 2.24) is 19.7 Å². The van der Waals surface area contributed by atoms with Gasteiger partial charge >= 0.3 is 0 Å². The molecule has 0 spiro atoms. The fourth-order valence-corrected chi connectivity index (χ4v) is 3.02. The van der Waals surface area contributed by atoms with Gasteiger partial charge in [0.2, 0.25) is 0 Å². The third-order valence-corrected chi connectivity index (χ3v) is 4.03. The van der Waals surface area contributed by atoms with E-state index in [4.69, 9.17) is 5.73 Å². The first-order valence-electron chi connectivity index (χ1n) is 6.57. The van der Waals surface area contributed by atoms with Crippen molar-refractivity contribution in [2.45, 2.75) is 38.3 Å². The number of fused-ring (bicyclic) bond motifs is 1. The van der Waals surface area contributed by atoms with E-state index >= 15 is 0 Å². The molecule has 0 aliphatic carbocycles. The maximum absolute atomic E-state index is 5.95. The van der Waals surface area contributed by atoms with Crippen LogP contribution in [0.4, 0.5) is 0 Å². The van der Waals surface area contributed by atoms with E-state index in [-0.39, 0.29) is 6.04 Å². The Morgan fingerprint density at radius 1 is 1.29 bits per heavy atom. The number of aromatic nitrogens is 3.